The molecule has 1 aromatic carbocycles. The molecule has 1 aliphatic heterocycles. The predicted molar refractivity (Wildman–Crippen MR) is 75.1 cm³/mol. The third-order valence-corrected chi connectivity index (χ3v) is 3.46. The monoisotopic (exact) mass is 276 g/mol. The maximum Gasteiger partial charge on any atom is 0.328 e. The van der Waals surface area contributed by atoms with E-state index in [2.05, 4.69) is 10.6 Å². The lowest BCUT2D eigenvalue weighted by atomic mass is 10.1. The Labute approximate surface area is 118 Å². The van der Waals surface area contributed by atoms with Crippen LogP contribution in [0.5, 0.6) is 0 Å². The van der Waals surface area contributed by atoms with Crippen LogP contribution in [0.2, 0.25) is 0 Å². The smallest absolute Gasteiger partial charge is 0.328 e. The van der Waals surface area contributed by atoms with Crippen LogP contribution in [0.1, 0.15) is 18.4 Å². The number of rotatable bonds is 5. The molecule has 0 saturated carbocycles. The van der Waals surface area contributed by atoms with Crippen molar-refractivity contribution in [2.75, 3.05) is 13.7 Å². The highest BCUT2D eigenvalue weighted by atomic mass is 16.5. The van der Waals surface area contributed by atoms with Crippen LogP contribution >= 0.6 is 0 Å². The van der Waals surface area contributed by atoms with Crippen molar-refractivity contribution in [3.63, 3.8) is 0 Å². The molecular formula is C15H20N2O3. The minimum atomic E-state index is -0.641. The number of benzene rings is 1. The summed E-state index contributed by atoms with van der Waals surface area (Å²) in [6.07, 6.45) is 2.23. The van der Waals surface area contributed by atoms with E-state index in [1.54, 1.807) is 0 Å². The Hall–Kier alpha value is -1.88. The number of methoxy groups -OCH3 is 1. The van der Waals surface area contributed by atoms with Crippen molar-refractivity contribution in [3.8, 4) is 0 Å². The second-order valence-corrected chi connectivity index (χ2v) is 4.92. The van der Waals surface area contributed by atoms with Crippen molar-refractivity contribution in [2.45, 2.75) is 31.3 Å². The molecular weight excluding hydrogens is 256 g/mol. The first-order valence-electron chi connectivity index (χ1n) is 6.86. The van der Waals surface area contributed by atoms with Gasteiger partial charge in [0.05, 0.1) is 13.2 Å². The van der Waals surface area contributed by atoms with Gasteiger partial charge in [0.1, 0.15) is 6.04 Å². The van der Waals surface area contributed by atoms with E-state index >= 15 is 0 Å². The van der Waals surface area contributed by atoms with E-state index in [-0.39, 0.29) is 11.9 Å². The maximum atomic E-state index is 12.1. The molecule has 108 valence electrons. The molecule has 1 unspecified atom stereocenters. The second-order valence-electron chi connectivity index (χ2n) is 4.92. The molecule has 2 atom stereocenters. The number of esters is 1. The van der Waals surface area contributed by atoms with Gasteiger partial charge in [0, 0.05) is 6.42 Å². The minimum Gasteiger partial charge on any atom is -0.467 e. The van der Waals surface area contributed by atoms with Gasteiger partial charge in [-0.3, -0.25) is 4.79 Å². The van der Waals surface area contributed by atoms with Crippen molar-refractivity contribution in [3.05, 3.63) is 35.9 Å². The highest BCUT2D eigenvalue weighted by molar-refractivity contribution is 5.87. The Balaban J connectivity index is 2.00. The third-order valence-electron chi connectivity index (χ3n) is 3.46. The summed E-state index contributed by atoms with van der Waals surface area (Å²) in [7, 11) is 1.33. The lowest BCUT2D eigenvalue weighted by Crippen LogP contribution is -2.49. The van der Waals surface area contributed by atoms with E-state index in [1.165, 1.54) is 7.11 Å². The molecule has 5 heteroatoms. The zero-order valence-corrected chi connectivity index (χ0v) is 11.6. The number of ether oxygens (including phenoxy) is 1. The fourth-order valence-corrected chi connectivity index (χ4v) is 2.37. The van der Waals surface area contributed by atoms with Gasteiger partial charge in [-0.2, -0.15) is 0 Å². The molecule has 5 nitrogen and oxygen atoms in total. The van der Waals surface area contributed by atoms with Crippen molar-refractivity contribution in [1.29, 1.82) is 0 Å². The average molecular weight is 276 g/mol. The maximum absolute atomic E-state index is 12.1. The first-order chi connectivity index (χ1) is 9.70. The normalized spacial score (nSPS) is 19.4. The van der Waals surface area contributed by atoms with Gasteiger partial charge in [-0.05, 0) is 24.9 Å². The van der Waals surface area contributed by atoms with Crippen LogP contribution in [-0.2, 0) is 20.7 Å². The Bertz CT molecular complexity index is 455. The Morgan fingerprint density at radius 1 is 1.40 bits per heavy atom. The largest absolute Gasteiger partial charge is 0.467 e. The van der Waals surface area contributed by atoms with Crippen LogP contribution in [0.4, 0.5) is 0 Å². The summed E-state index contributed by atoms with van der Waals surface area (Å²) in [6.45, 7) is 0.847. The van der Waals surface area contributed by atoms with Crippen LogP contribution in [-0.4, -0.2) is 37.6 Å². The summed E-state index contributed by atoms with van der Waals surface area (Å²) >= 11 is 0. The molecule has 2 rings (SSSR count). The number of hydrogen-bond donors (Lipinski definition) is 2. The zero-order chi connectivity index (χ0) is 14.4. The summed E-state index contributed by atoms with van der Waals surface area (Å²) in [6, 6.07) is 8.74. The topological polar surface area (TPSA) is 67.4 Å². The van der Waals surface area contributed by atoms with E-state index in [9.17, 15) is 9.59 Å². The number of carbonyl (C=O) groups is 2. The third kappa shape index (κ3) is 3.81. The summed E-state index contributed by atoms with van der Waals surface area (Å²) in [4.78, 5) is 23.9. The van der Waals surface area contributed by atoms with Crippen molar-refractivity contribution in [2.24, 2.45) is 0 Å². The van der Waals surface area contributed by atoms with E-state index in [1.807, 2.05) is 30.3 Å². The van der Waals surface area contributed by atoms with Gasteiger partial charge in [0.15, 0.2) is 0 Å². The minimum absolute atomic E-state index is 0.131. The van der Waals surface area contributed by atoms with Gasteiger partial charge in [-0.1, -0.05) is 30.3 Å². The number of carbonyl (C=O) groups excluding carboxylic acids is 2. The van der Waals surface area contributed by atoms with Crippen LogP contribution < -0.4 is 10.6 Å². The molecule has 0 aliphatic carbocycles. The number of amides is 1. The van der Waals surface area contributed by atoms with Crippen molar-refractivity contribution < 1.29 is 14.3 Å². The number of hydrogen-bond acceptors (Lipinski definition) is 4. The summed E-state index contributed by atoms with van der Waals surface area (Å²) in [5, 5.41) is 5.90. The van der Waals surface area contributed by atoms with Crippen molar-refractivity contribution >= 4 is 11.9 Å². The number of nitrogens with one attached hydrogen (secondary N) is 2. The fourth-order valence-electron chi connectivity index (χ4n) is 2.37. The van der Waals surface area contributed by atoms with Crippen LogP contribution in [0.15, 0.2) is 30.3 Å². The fraction of sp³-hybridized carbons (Fsp3) is 0.467. The molecule has 0 radical (unpaired) electrons. The molecule has 1 heterocycles. The lowest BCUT2D eigenvalue weighted by Gasteiger charge is -2.19. The molecule has 0 bridgehead atoms. The van der Waals surface area contributed by atoms with E-state index in [0.717, 1.165) is 24.9 Å². The van der Waals surface area contributed by atoms with E-state index < -0.39 is 12.0 Å². The second kappa shape index (κ2) is 7.05. The Kier molecular flexibility index (Phi) is 5.12. The quantitative estimate of drug-likeness (QED) is 0.775. The molecule has 2 N–H and O–H groups in total. The predicted octanol–water partition coefficient (Wildman–Crippen LogP) is 0.639. The molecule has 20 heavy (non-hydrogen) atoms. The van der Waals surface area contributed by atoms with Gasteiger partial charge in [0.2, 0.25) is 5.91 Å². The highest BCUT2D eigenvalue weighted by Crippen LogP contribution is 2.08. The standard InChI is InChI=1S/C15H20N2O3/c1-20-15(19)13(10-11-6-3-2-4-7-11)17-14(18)12-8-5-9-16-12/h2-4,6-7,12-13,16H,5,8-10H2,1H3,(H,17,18)/t12?,13-/m0/s1. The van der Waals surface area contributed by atoms with Gasteiger partial charge >= 0.3 is 5.97 Å². The molecule has 1 amide bonds. The van der Waals surface area contributed by atoms with E-state index in [0.29, 0.717) is 6.42 Å². The van der Waals surface area contributed by atoms with Crippen molar-refractivity contribution in [1.82, 2.24) is 10.6 Å². The lowest BCUT2D eigenvalue weighted by molar-refractivity contribution is -0.145. The van der Waals surface area contributed by atoms with Crippen LogP contribution in [0.3, 0.4) is 0 Å². The molecule has 1 fully saturated rings. The first-order valence-corrected chi connectivity index (χ1v) is 6.86. The molecule has 0 aromatic heterocycles. The zero-order valence-electron chi connectivity index (χ0n) is 11.6. The molecule has 0 spiro atoms. The summed E-state index contributed by atoms with van der Waals surface area (Å²) in [5.74, 6) is -0.547. The Morgan fingerprint density at radius 3 is 2.75 bits per heavy atom. The van der Waals surface area contributed by atoms with Crippen LogP contribution in [0, 0.1) is 0 Å². The van der Waals surface area contributed by atoms with Gasteiger partial charge in [-0.25, -0.2) is 4.79 Å². The molecule has 1 aliphatic rings. The average Bonchev–Trinajstić information content (AvgIpc) is 3.01. The van der Waals surface area contributed by atoms with Gasteiger partial charge in [0.25, 0.3) is 0 Å². The Morgan fingerprint density at radius 2 is 2.15 bits per heavy atom. The molecule has 1 saturated heterocycles. The summed E-state index contributed by atoms with van der Waals surface area (Å²) < 4.78 is 4.77. The van der Waals surface area contributed by atoms with E-state index in [4.69, 9.17) is 4.74 Å². The SMILES string of the molecule is COC(=O)[C@H](Cc1ccccc1)NC(=O)C1CCCN1. The molecule has 1 aromatic rings. The first kappa shape index (κ1) is 14.5. The highest BCUT2D eigenvalue weighted by Gasteiger charge is 2.27. The summed E-state index contributed by atoms with van der Waals surface area (Å²) in [5.41, 5.74) is 0.989. The van der Waals surface area contributed by atoms with Crippen LogP contribution in [0.25, 0.3) is 0 Å². The van der Waals surface area contributed by atoms with Gasteiger partial charge < -0.3 is 15.4 Å². The van der Waals surface area contributed by atoms with Gasteiger partial charge in [-0.15, -0.1) is 0 Å².